The van der Waals surface area contributed by atoms with Crippen molar-refractivity contribution in [2.24, 2.45) is 5.92 Å². The molecule has 0 atom stereocenters. The molecule has 0 unspecified atom stereocenters. The van der Waals surface area contributed by atoms with E-state index < -0.39 is 11.6 Å². The Labute approximate surface area is 130 Å². The number of rotatable bonds is 3. The molecule has 2 N–H and O–H groups in total. The van der Waals surface area contributed by atoms with E-state index in [9.17, 15) is 13.6 Å². The van der Waals surface area contributed by atoms with Gasteiger partial charge in [-0.25, -0.2) is 8.78 Å². The van der Waals surface area contributed by atoms with E-state index in [0.717, 1.165) is 12.8 Å². The van der Waals surface area contributed by atoms with Gasteiger partial charge in [0.15, 0.2) is 5.82 Å². The highest BCUT2D eigenvalue weighted by Crippen LogP contribution is 2.34. The standard InChI is InChI=1S/C17H13F2N3O/c18-11-3-1-2-10(8-11)16-14-12(21-22-16)6-7-13(15(14)19)20-17(23)9-4-5-9/h1-3,6-9H,4-5H2,(H,20,23)(H,21,22). The topological polar surface area (TPSA) is 57.8 Å². The fraction of sp³-hybridized carbons (Fsp3) is 0.176. The number of H-pyrrole nitrogens is 1. The van der Waals surface area contributed by atoms with E-state index in [0.29, 0.717) is 16.8 Å². The number of fused-ring (bicyclic) bond motifs is 1. The molecule has 6 heteroatoms. The summed E-state index contributed by atoms with van der Waals surface area (Å²) in [6, 6.07) is 8.97. The van der Waals surface area contributed by atoms with E-state index in [1.54, 1.807) is 18.2 Å². The van der Waals surface area contributed by atoms with Crippen molar-refractivity contribution in [3.63, 3.8) is 0 Å². The van der Waals surface area contributed by atoms with Gasteiger partial charge in [0.05, 0.1) is 16.6 Å². The van der Waals surface area contributed by atoms with Crippen LogP contribution in [0.5, 0.6) is 0 Å². The van der Waals surface area contributed by atoms with E-state index in [4.69, 9.17) is 0 Å². The van der Waals surface area contributed by atoms with Crippen LogP contribution in [-0.2, 0) is 4.79 Å². The number of aromatic nitrogens is 2. The molecule has 0 radical (unpaired) electrons. The van der Waals surface area contributed by atoms with Gasteiger partial charge >= 0.3 is 0 Å². The highest BCUT2D eigenvalue weighted by atomic mass is 19.1. The second kappa shape index (κ2) is 5.15. The summed E-state index contributed by atoms with van der Waals surface area (Å²) in [5.74, 6) is -1.17. The largest absolute Gasteiger partial charge is 0.323 e. The van der Waals surface area contributed by atoms with Gasteiger partial charge in [-0.05, 0) is 37.1 Å². The normalized spacial score (nSPS) is 14.2. The van der Waals surface area contributed by atoms with E-state index in [1.165, 1.54) is 18.2 Å². The molecule has 1 fully saturated rings. The minimum atomic E-state index is -0.565. The van der Waals surface area contributed by atoms with Gasteiger partial charge in [0.2, 0.25) is 5.91 Å². The third kappa shape index (κ3) is 2.46. The van der Waals surface area contributed by atoms with Gasteiger partial charge in [-0.15, -0.1) is 0 Å². The summed E-state index contributed by atoms with van der Waals surface area (Å²) in [7, 11) is 0. The van der Waals surface area contributed by atoms with E-state index >= 15 is 0 Å². The van der Waals surface area contributed by atoms with Crippen molar-refractivity contribution in [2.75, 3.05) is 5.32 Å². The highest BCUT2D eigenvalue weighted by Gasteiger charge is 2.30. The van der Waals surface area contributed by atoms with Crippen molar-refractivity contribution in [1.29, 1.82) is 0 Å². The Bertz CT molecular complexity index is 915. The fourth-order valence-electron chi connectivity index (χ4n) is 2.59. The first-order valence-corrected chi connectivity index (χ1v) is 7.37. The lowest BCUT2D eigenvalue weighted by Crippen LogP contribution is -2.14. The second-order valence-corrected chi connectivity index (χ2v) is 5.70. The average molecular weight is 313 g/mol. The third-order valence-electron chi connectivity index (χ3n) is 3.97. The van der Waals surface area contributed by atoms with Crippen LogP contribution in [0, 0.1) is 17.6 Å². The lowest BCUT2D eigenvalue weighted by molar-refractivity contribution is -0.117. The maximum atomic E-state index is 14.8. The van der Waals surface area contributed by atoms with Crippen molar-refractivity contribution in [3.8, 4) is 11.3 Å². The van der Waals surface area contributed by atoms with Gasteiger partial charge in [0, 0.05) is 11.5 Å². The Morgan fingerprint density at radius 1 is 1.22 bits per heavy atom. The first-order valence-electron chi connectivity index (χ1n) is 7.37. The molecule has 1 aliphatic rings. The number of carbonyl (C=O) groups excluding carboxylic acids is 1. The molecule has 1 heterocycles. The molecule has 1 amide bonds. The predicted molar refractivity (Wildman–Crippen MR) is 82.8 cm³/mol. The zero-order valence-electron chi connectivity index (χ0n) is 12.1. The van der Waals surface area contributed by atoms with Crippen LogP contribution >= 0.6 is 0 Å². The van der Waals surface area contributed by atoms with Gasteiger partial charge in [-0.1, -0.05) is 12.1 Å². The number of benzene rings is 2. The Balaban J connectivity index is 1.81. The lowest BCUT2D eigenvalue weighted by atomic mass is 10.1. The number of hydrogen-bond acceptors (Lipinski definition) is 2. The fourth-order valence-corrected chi connectivity index (χ4v) is 2.59. The zero-order valence-corrected chi connectivity index (χ0v) is 12.1. The Morgan fingerprint density at radius 3 is 2.78 bits per heavy atom. The number of halogens is 2. The summed E-state index contributed by atoms with van der Waals surface area (Å²) in [5.41, 5.74) is 1.40. The third-order valence-corrected chi connectivity index (χ3v) is 3.97. The predicted octanol–water partition coefficient (Wildman–Crippen LogP) is 3.86. The number of aromatic amines is 1. The van der Waals surface area contributed by atoms with Crippen LogP contribution in [0.3, 0.4) is 0 Å². The number of anilines is 1. The Kier molecular flexibility index (Phi) is 3.11. The molecular formula is C17H13F2N3O. The van der Waals surface area contributed by atoms with Crippen molar-refractivity contribution >= 4 is 22.5 Å². The van der Waals surface area contributed by atoms with Crippen LogP contribution in [0.2, 0.25) is 0 Å². The molecule has 1 saturated carbocycles. The lowest BCUT2D eigenvalue weighted by Gasteiger charge is -2.07. The highest BCUT2D eigenvalue weighted by molar-refractivity contribution is 6.00. The average Bonchev–Trinajstić information content (AvgIpc) is 3.29. The molecule has 0 saturated heterocycles. The van der Waals surface area contributed by atoms with E-state index in [-0.39, 0.29) is 22.9 Å². The van der Waals surface area contributed by atoms with Crippen molar-refractivity contribution in [2.45, 2.75) is 12.8 Å². The van der Waals surface area contributed by atoms with Crippen molar-refractivity contribution < 1.29 is 13.6 Å². The van der Waals surface area contributed by atoms with Gasteiger partial charge in [-0.2, -0.15) is 5.10 Å². The summed E-state index contributed by atoms with van der Waals surface area (Å²) in [4.78, 5) is 11.9. The summed E-state index contributed by atoms with van der Waals surface area (Å²) >= 11 is 0. The zero-order chi connectivity index (χ0) is 16.0. The smallest absolute Gasteiger partial charge is 0.227 e. The number of nitrogens with zero attached hydrogens (tertiary/aromatic N) is 1. The van der Waals surface area contributed by atoms with Gasteiger partial charge in [-0.3, -0.25) is 9.89 Å². The SMILES string of the molecule is O=C(Nc1ccc2[nH]nc(-c3cccc(F)c3)c2c1F)C1CC1. The van der Waals surface area contributed by atoms with Gasteiger partial charge < -0.3 is 5.32 Å². The molecule has 4 rings (SSSR count). The van der Waals surface area contributed by atoms with Crippen molar-refractivity contribution in [3.05, 3.63) is 48.0 Å². The molecule has 4 nitrogen and oxygen atoms in total. The maximum Gasteiger partial charge on any atom is 0.227 e. The molecule has 0 bridgehead atoms. The van der Waals surface area contributed by atoms with Gasteiger partial charge in [0.1, 0.15) is 11.5 Å². The first-order chi connectivity index (χ1) is 11.1. The molecule has 3 aromatic rings. The van der Waals surface area contributed by atoms with Crippen LogP contribution in [0.1, 0.15) is 12.8 Å². The number of hydrogen-bond donors (Lipinski definition) is 2. The maximum absolute atomic E-state index is 14.8. The molecule has 116 valence electrons. The van der Waals surface area contributed by atoms with Crippen LogP contribution in [0.15, 0.2) is 36.4 Å². The van der Waals surface area contributed by atoms with Crippen LogP contribution in [0.25, 0.3) is 22.2 Å². The number of amides is 1. The molecule has 2 aromatic carbocycles. The number of carbonyl (C=O) groups is 1. The van der Waals surface area contributed by atoms with Crippen LogP contribution in [-0.4, -0.2) is 16.1 Å². The Morgan fingerprint density at radius 2 is 2.04 bits per heavy atom. The number of nitrogens with one attached hydrogen (secondary N) is 2. The summed E-state index contributed by atoms with van der Waals surface area (Å²) < 4.78 is 28.2. The minimum absolute atomic E-state index is 0.0165. The summed E-state index contributed by atoms with van der Waals surface area (Å²) in [6.07, 6.45) is 1.69. The molecule has 0 aliphatic heterocycles. The minimum Gasteiger partial charge on any atom is -0.323 e. The Hall–Kier alpha value is -2.76. The summed E-state index contributed by atoms with van der Waals surface area (Å²) in [6.45, 7) is 0. The van der Waals surface area contributed by atoms with E-state index in [2.05, 4.69) is 15.5 Å². The van der Waals surface area contributed by atoms with Gasteiger partial charge in [0.25, 0.3) is 0 Å². The van der Waals surface area contributed by atoms with Crippen molar-refractivity contribution in [1.82, 2.24) is 10.2 Å². The molecule has 1 aromatic heterocycles. The molecule has 23 heavy (non-hydrogen) atoms. The van der Waals surface area contributed by atoms with Crippen LogP contribution < -0.4 is 5.32 Å². The van der Waals surface area contributed by atoms with E-state index in [1.807, 2.05) is 0 Å². The quantitative estimate of drug-likeness (QED) is 0.771. The summed E-state index contributed by atoms with van der Waals surface area (Å²) in [5, 5.41) is 9.68. The second-order valence-electron chi connectivity index (χ2n) is 5.70. The van der Waals surface area contributed by atoms with Crippen LogP contribution in [0.4, 0.5) is 14.5 Å². The monoisotopic (exact) mass is 313 g/mol. The first kappa shape index (κ1) is 13.9. The molecular weight excluding hydrogens is 300 g/mol. The molecule has 1 aliphatic carbocycles. The molecule has 0 spiro atoms.